The van der Waals surface area contributed by atoms with Crippen LogP contribution in [-0.4, -0.2) is 21.2 Å². The lowest BCUT2D eigenvalue weighted by Gasteiger charge is -2.07. The Hall–Kier alpha value is -1.62. The monoisotopic (exact) mass is 246 g/mol. The third kappa shape index (κ3) is 2.55. The molecule has 1 heterocycles. The van der Waals surface area contributed by atoms with Gasteiger partial charge in [0.1, 0.15) is 0 Å². The van der Waals surface area contributed by atoms with Crippen LogP contribution in [0.3, 0.4) is 0 Å². The van der Waals surface area contributed by atoms with Crippen LogP contribution in [-0.2, 0) is 0 Å². The van der Waals surface area contributed by atoms with Gasteiger partial charge in [0.25, 0.3) is 0 Å². The van der Waals surface area contributed by atoms with Crippen molar-refractivity contribution in [1.82, 2.24) is 15.0 Å². The number of aryl methyl sites for hydroxylation is 2. The summed E-state index contributed by atoms with van der Waals surface area (Å²) in [6, 6.07) is 6.19. The van der Waals surface area contributed by atoms with E-state index in [2.05, 4.69) is 33.2 Å². The Labute approximate surface area is 105 Å². The molecule has 1 aromatic carbocycles. The van der Waals surface area contributed by atoms with Gasteiger partial charge in [-0.1, -0.05) is 29.5 Å². The topological polar surface area (TPSA) is 64.7 Å². The van der Waals surface area contributed by atoms with Crippen LogP contribution in [0.2, 0.25) is 0 Å². The number of rotatable bonds is 2. The summed E-state index contributed by atoms with van der Waals surface area (Å²) in [5.74, 6) is 0.906. The van der Waals surface area contributed by atoms with Crippen LogP contribution in [0.15, 0.2) is 23.4 Å². The third-order valence-electron chi connectivity index (χ3n) is 2.45. The summed E-state index contributed by atoms with van der Waals surface area (Å²) in [6.07, 6.45) is 1.92. The van der Waals surface area contributed by atoms with Gasteiger partial charge in [0.05, 0.1) is 0 Å². The Kier molecular flexibility index (Phi) is 3.28. The van der Waals surface area contributed by atoms with Crippen molar-refractivity contribution in [2.45, 2.75) is 19.0 Å². The number of hydrogen-bond donors (Lipinski definition) is 1. The first-order valence-corrected chi connectivity index (χ1v) is 6.46. The van der Waals surface area contributed by atoms with E-state index in [0.29, 0.717) is 11.0 Å². The maximum atomic E-state index is 5.68. The molecule has 5 heteroatoms. The Morgan fingerprint density at radius 1 is 1.12 bits per heavy atom. The molecule has 0 aliphatic rings. The van der Waals surface area contributed by atoms with Gasteiger partial charge in [-0.2, -0.15) is 9.97 Å². The molecule has 2 aromatic rings. The van der Waals surface area contributed by atoms with Gasteiger partial charge >= 0.3 is 0 Å². The quantitative estimate of drug-likeness (QED) is 0.825. The maximum Gasteiger partial charge on any atom is 0.224 e. The van der Waals surface area contributed by atoms with Crippen LogP contribution in [0.5, 0.6) is 0 Å². The fraction of sp³-hybridized carbons (Fsp3) is 0.250. The standard InChI is InChI=1S/C12H14N4S/c1-7-4-5-8(2)9(6-7)10-14-11(13)16-12(15-10)17-3/h4-6H,1-3H3,(H2,13,14,15,16). The molecule has 88 valence electrons. The first-order chi connectivity index (χ1) is 8.10. The molecule has 17 heavy (non-hydrogen) atoms. The molecule has 4 nitrogen and oxygen atoms in total. The maximum absolute atomic E-state index is 5.68. The van der Waals surface area contributed by atoms with Gasteiger partial charge in [0.15, 0.2) is 11.0 Å². The van der Waals surface area contributed by atoms with Gasteiger partial charge in [-0.15, -0.1) is 0 Å². The number of nitrogens with zero attached hydrogens (tertiary/aromatic N) is 3. The fourth-order valence-corrected chi connectivity index (χ4v) is 1.92. The van der Waals surface area contributed by atoms with Crippen molar-refractivity contribution in [2.75, 3.05) is 12.0 Å². The molecular formula is C12H14N4S. The zero-order chi connectivity index (χ0) is 12.4. The molecule has 0 atom stereocenters. The highest BCUT2D eigenvalue weighted by Gasteiger charge is 2.08. The van der Waals surface area contributed by atoms with Crippen molar-refractivity contribution in [3.05, 3.63) is 29.3 Å². The highest BCUT2D eigenvalue weighted by molar-refractivity contribution is 7.98. The van der Waals surface area contributed by atoms with Crippen LogP contribution in [0.25, 0.3) is 11.4 Å². The minimum absolute atomic E-state index is 0.264. The van der Waals surface area contributed by atoms with E-state index in [4.69, 9.17) is 5.73 Å². The summed E-state index contributed by atoms with van der Waals surface area (Å²) in [5.41, 5.74) is 9.00. The number of benzene rings is 1. The number of nitrogens with two attached hydrogens (primary N) is 1. The lowest BCUT2D eigenvalue weighted by atomic mass is 10.1. The fourth-order valence-electron chi connectivity index (χ4n) is 1.56. The van der Waals surface area contributed by atoms with Crippen molar-refractivity contribution < 1.29 is 0 Å². The van der Waals surface area contributed by atoms with Crippen molar-refractivity contribution in [2.24, 2.45) is 0 Å². The molecule has 0 amide bonds. The van der Waals surface area contributed by atoms with Crippen LogP contribution in [0, 0.1) is 13.8 Å². The van der Waals surface area contributed by atoms with Crippen LogP contribution in [0.1, 0.15) is 11.1 Å². The van der Waals surface area contributed by atoms with E-state index in [1.54, 1.807) is 0 Å². The van der Waals surface area contributed by atoms with Crippen molar-refractivity contribution in [1.29, 1.82) is 0 Å². The van der Waals surface area contributed by atoms with Gasteiger partial charge < -0.3 is 5.73 Å². The van der Waals surface area contributed by atoms with Crippen LogP contribution < -0.4 is 5.73 Å². The highest BCUT2D eigenvalue weighted by atomic mass is 32.2. The van der Waals surface area contributed by atoms with Gasteiger partial charge in [-0.25, -0.2) is 4.98 Å². The van der Waals surface area contributed by atoms with Crippen molar-refractivity contribution >= 4 is 17.7 Å². The number of hydrogen-bond acceptors (Lipinski definition) is 5. The van der Waals surface area contributed by atoms with E-state index in [1.807, 2.05) is 20.1 Å². The lowest BCUT2D eigenvalue weighted by Crippen LogP contribution is -2.02. The molecule has 0 bridgehead atoms. The number of anilines is 1. The van der Waals surface area contributed by atoms with Gasteiger partial charge in [-0.3, -0.25) is 0 Å². The minimum atomic E-state index is 0.264. The van der Waals surface area contributed by atoms with Gasteiger partial charge in [0, 0.05) is 5.56 Å². The number of aromatic nitrogens is 3. The average Bonchev–Trinajstić information content (AvgIpc) is 2.31. The molecule has 0 fully saturated rings. The summed E-state index contributed by atoms with van der Waals surface area (Å²) in [7, 11) is 0. The van der Waals surface area contributed by atoms with Crippen LogP contribution in [0.4, 0.5) is 5.95 Å². The molecule has 0 saturated heterocycles. The molecule has 0 aliphatic carbocycles. The molecule has 0 unspecified atom stereocenters. The van der Waals surface area contributed by atoms with E-state index in [0.717, 1.165) is 11.1 Å². The van der Waals surface area contributed by atoms with Crippen LogP contribution >= 0.6 is 11.8 Å². The molecular weight excluding hydrogens is 232 g/mol. The van der Waals surface area contributed by atoms with Gasteiger partial charge in [-0.05, 0) is 31.7 Å². The minimum Gasteiger partial charge on any atom is -0.368 e. The first-order valence-electron chi connectivity index (χ1n) is 5.23. The van der Waals surface area contributed by atoms with E-state index < -0.39 is 0 Å². The largest absolute Gasteiger partial charge is 0.368 e. The lowest BCUT2D eigenvalue weighted by molar-refractivity contribution is 0.926. The zero-order valence-electron chi connectivity index (χ0n) is 10.1. The second-order valence-electron chi connectivity index (χ2n) is 3.82. The molecule has 0 spiro atoms. The summed E-state index contributed by atoms with van der Waals surface area (Å²) < 4.78 is 0. The number of thioether (sulfide) groups is 1. The second kappa shape index (κ2) is 4.71. The normalized spacial score (nSPS) is 10.5. The van der Waals surface area contributed by atoms with Crippen molar-refractivity contribution in [3.63, 3.8) is 0 Å². The van der Waals surface area contributed by atoms with E-state index >= 15 is 0 Å². The van der Waals surface area contributed by atoms with E-state index in [-0.39, 0.29) is 5.95 Å². The van der Waals surface area contributed by atoms with Crippen molar-refractivity contribution in [3.8, 4) is 11.4 Å². The molecule has 2 rings (SSSR count). The van der Waals surface area contributed by atoms with E-state index in [9.17, 15) is 0 Å². The Bertz CT molecular complexity index is 554. The Balaban J connectivity index is 2.59. The number of nitrogen functional groups attached to an aromatic ring is 1. The highest BCUT2D eigenvalue weighted by Crippen LogP contribution is 2.23. The summed E-state index contributed by atoms with van der Waals surface area (Å²) in [6.45, 7) is 4.08. The molecule has 2 N–H and O–H groups in total. The molecule has 0 radical (unpaired) electrons. The predicted octanol–water partition coefficient (Wildman–Crippen LogP) is 2.46. The Morgan fingerprint density at radius 2 is 1.88 bits per heavy atom. The molecule has 0 aliphatic heterocycles. The summed E-state index contributed by atoms with van der Waals surface area (Å²) in [4.78, 5) is 12.6. The van der Waals surface area contributed by atoms with E-state index in [1.165, 1.54) is 17.3 Å². The third-order valence-corrected chi connectivity index (χ3v) is 3.00. The average molecular weight is 246 g/mol. The predicted molar refractivity (Wildman–Crippen MR) is 70.9 cm³/mol. The first kappa shape index (κ1) is 11.9. The molecule has 1 aromatic heterocycles. The summed E-state index contributed by atoms with van der Waals surface area (Å²) in [5, 5.41) is 0.647. The Morgan fingerprint density at radius 3 is 2.59 bits per heavy atom. The zero-order valence-corrected chi connectivity index (χ0v) is 10.9. The smallest absolute Gasteiger partial charge is 0.224 e. The second-order valence-corrected chi connectivity index (χ2v) is 4.60. The molecule has 0 saturated carbocycles. The van der Waals surface area contributed by atoms with Gasteiger partial charge in [0.2, 0.25) is 5.95 Å². The summed E-state index contributed by atoms with van der Waals surface area (Å²) >= 11 is 1.46. The SMILES string of the molecule is CSc1nc(N)nc(-c2cc(C)ccc2C)n1.